The van der Waals surface area contributed by atoms with Crippen molar-refractivity contribution < 1.29 is 0 Å². The molecule has 0 saturated heterocycles. The monoisotopic (exact) mass is 213 g/mol. The molecule has 1 nitrogen and oxygen atoms in total. The van der Waals surface area contributed by atoms with E-state index in [4.69, 9.17) is 0 Å². The van der Waals surface area contributed by atoms with E-state index < -0.39 is 0 Å². The predicted octanol–water partition coefficient (Wildman–Crippen LogP) is 2.91. The molecule has 2 aromatic rings. The van der Waals surface area contributed by atoms with E-state index >= 15 is 0 Å². The number of rotatable bonds is 1. The van der Waals surface area contributed by atoms with E-state index in [9.17, 15) is 0 Å². The molecule has 0 radical (unpaired) electrons. The van der Waals surface area contributed by atoms with Gasteiger partial charge >= 0.3 is 0 Å². The number of nitrogens with zero attached hydrogens (tertiary/aromatic N) is 1. The number of fused-ring (bicyclic) bond motifs is 1. The van der Waals surface area contributed by atoms with Gasteiger partial charge in [-0.15, -0.1) is 0 Å². The van der Waals surface area contributed by atoms with Gasteiger partial charge in [-0.25, -0.2) is 0 Å². The molecule has 0 bridgehead atoms. The molecule has 0 aliphatic carbocycles. The highest BCUT2D eigenvalue weighted by molar-refractivity contribution is 7.80. The van der Waals surface area contributed by atoms with Crippen molar-refractivity contribution in [3.8, 4) is 11.8 Å². The number of pyridine rings is 1. The van der Waals surface area contributed by atoms with Gasteiger partial charge in [0.2, 0.25) is 0 Å². The molecule has 0 aliphatic heterocycles. The van der Waals surface area contributed by atoms with Gasteiger partial charge in [0.25, 0.3) is 0 Å². The molecule has 2 rings (SSSR count). The summed E-state index contributed by atoms with van der Waals surface area (Å²) in [6.45, 7) is 0. The van der Waals surface area contributed by atoms with Crippen LogP contribution in [0.2, 0.25) is 0 Å². The molecule has 15 heavy (non-hydrogen) atoms. The molecule has 1 heterocycles. The molecular weight excluding hydrogens is 202 g/mol. The zero-order valence-corrected chi connectivity index (χ0v) is 9.17. The second-order valence-corrected chi connectivity index (χ2v) is 3.60. The van der Waals surface area contributed by atoms with Gasteiger partial charge in [-0.3, -0.25) is 4.98 Å². The summed E-state index contributed by atoms with van der Waals surface area (Å²) >= 11 is 4.13. The Morgan fingerprint density at radius 1 is 1.20 bits per heavy atom. The summed E-state index contributed by atoms with van der Waals surface area (Å²) in [5.74, 6) is 7.04. The third-order valence-corrected chi connectivity index (χ3v) is 2.33. The zero-order chi connectivity index (χ0) is 10.5. The second kappa shape index (κ2) is 4.86. The highest BCUT2D eigenvalue weighted by atomic mass is 32.1. The molecule has 0 unspecified atom stereocenters. The molecule has 2 heteroatoms. The minimum absolute atomic E-state index is 0.802. The van der Waals surface area contributed by atoms with E-state index in [-0.39, 0.29) is 0 Å². The van der Waals surface area contributed by atoms with Crippen LogP contribution in [0.4, 0.5) is 0 Å². The third-order valence-electron chi connectivity index (χ3n) is 2.11. The lowest BCUT2D eigenvalue weighted by Crippen LogP contribution is -1.82. The van der Waals surface area contributed by atoms with E-state index in [2.05, 4.69) is 29.5 Å². The van der Waals surface area contributed by atoms with Gasteiger partial charge in [-0.1, -0.05) is 24.0 Å². The predicted molar refractivity (Wildman–Crippen MR) is 67.1 cm³/mol. The fourth-order valence-electron chi connectivity index (χ4n) is 1.43. The van der Waals surface area contributed by atoms with Crippen molar-refractivity contribution in [2.75, 3.05) is 5.75 Å². The van der Waals surface area contributed by atoms with Crippen LogP contribution in [0, 0.1) is 11.8 Å². The van der Waals surface area contributed by atoms with Crippen LogP contribution in [0.1, 0.15) is 12.0 Å². The molecular formula is C13H11NS. The summed E-state index contributed by atoms with van der Waals surface area (Å²) in [5.41, 5.74) is 2.04. The molecule has 1 aromatic carbocycles. The van der Waals surface area contributed by atoms with Gasteiger partial charge in [0, 0.05) is 29.3 Å². The molecule has 0 spiro atoms. The Balaban J connectivity index is 2.48. The average molecular weight is 213 g/mol. The molecule has 0 atom stereocenters. The van der Waals surface area contributed by atoms with Gasteiger partial charge in [0.1, 0.15) is 0 Å². The summed E-state index contributed by atoms with van der Waals surface area (Å²) in [4.78, 5) is 4.29. The SMILES string of the molecule is SCCC#Cc1cccc2ncccc12. The molecule has 0 fully saturated rings. The van der Waals surface area contributed by atoms with E-state index in [1.807, 2.05) is 30.3 Å². The Morgan fingerprint density at radius 3 is 3.00 bits per heavy atom. The quantitative estimate of drug-likeness (QED) is 0.567. The van der Waals surface area contributed by atoms with Crippen molar-refractivity contribution >= 4 is 23.5 Å². The Bertz CT molecular complexity index is 517. The lowest BCUT2D eigenvalue weighted by atomic mass is 10.1. The van der Waals surface area contributed by atoms with Gasteiger partial charge in [-0.2, -0.15) is 12.6 Å². The molecule has 0 amide bonds. The highest BCUT2D eigenvalue weighted by Crippen LogP contribution is 2.14. The van der Waals surface area contributed by atoms with Crippen LogP contribution in [-0.2, 0) is 0 Å². The van der Waals surface area contributed by atoms with Gasteiger partial charge in [0.05, 0.1) is 5.52 Å². The first kappa shape index (κ1) is 10.1. The maximum absolute atomic E-state index is 4.29. The number of benzene rings is 1. The van der Waals surface area contributed by atoms with Crippen molar-refractivity contribution in [2.24, 2.45) is 0 Å². The molecule has 74 valence electrons. The van der Waals surface area contributed by atoms with E-state index in [1.165, 1.54) is 0 Å². The minimum atomic E-state index is 0.802. The smallest absolute Gasteiger partial charge is 0.0714 e. The molecule has 0 N–H and O–H groups in total. The van der Waals surface area contributed by atoms with E-state index in [0.29, 0.717) is 0 Å². The average Bonchev–Trinajstić information content (AvgIpc) is 2.30. The van der Waals surface area contributed by atoms with E-state index in [0.717, 1.165) is 28.6 Å². The number of hydrogen-bond donors (Lipinski definition) is 1. The van der Waals surface area contributed by atoms with Crippen LogP contribution >= 0.6 is 12.6 Å². The Morgan fingerprint density at radius 2 is 2.13 bits per heavy atom. The molecule has 0 aliphatic rings. The fourth-order valence-corrected chi connectivity index (χ4v) is 1.54. The number of aromatic nitrogens is 1. The first-order chi connectivity index (χ1) is 7.42. The lowest BCUT2D eigenvalue weighted by molar-refractivity contribution is 1.31. The van der Waals surface area contributed by atoms with Gasteiger partial charge in [-0.05, 0) is 18.2 Å². The summed E-state index contributed by atoms with van der Waals surface area (Å²) in [6.07, 6.45) is 2.62. The number of hydrogen-bond acceptors (Lipinski definition) is 2. The van der Waals surface area contributed by atoms with Crippen molar-refractivity contribution in [1.82, 2.24) is 4.98 Å². The Kier molecular flexibility index (Phi) is 3.26. The van der Waals surface area contributed by atoms with Gasteiger partial charge in [0.15, 0.2) is 0 Å². The highest BCUT2D eigenvalue weighted by Gasteiger charge is 1.96. The summed E-state index contributed by atoms with van der Waals surface area (Å²) in [6, 6.07) is 9.99. The van der Waals surface area contributed by atoms with Crippen LogP contribution in [-0.4, -0.2) is 10.7 Å². The van der Waals surface area contributed by atoms with Gasteiger partial charge < -0.3 is 0 Å². The van der Waals surface area contributed by atoms with Crippen molar-refractivity contribution in [3.05, 3.63) is 42.1 Å². The first-order valence-electron chi connectivity index (χ1n) is 4.85. The standard InChI is InChI=1S/C13H11NS/c15-10-2-1-5-11-6-3-8-13-12(11)7-4-9-14-13/h3-4,6-9,15H,2,10H2. The maximum atomic E-state index is 4.29. The molecule has 1 aromatic heterocycles. The summed E-state index contributed by atoms with van der Waals surface area (Å²) in [7, 11) is 0. The normalized spacial score (nSPS) is 9.67. The van der Waals surface area contributed by atoms with Crippen LogP contribution < -0.4 is 0 Å². The van der Waals surface area contributed by atoms with Crippen LogP contribution in [0.3, 0.4) is 0 Å². The third kappa shape index (κ3) is 2.31. The largest absolute Gasteiger partial charge is 0.256 e. The zero-order valence-electron chi connectivity index (χ0n) is 8.27. The Hall–Kier alpha value is -1.46. The van der Waals surface area contributed by atoms with Crippen LogP contribution in [0.5, 0.6) is 0 Å². The van der Waals surface area contributed by atoms with Crippen molar-refractivity contribution in [1.29, 1.82) is 0 Å². The van der Waals surface area contributed by atoms with Crippen LogP contribution in [0.15, 0.2) is 36.5 Å². The fraction of sp³-hybridized carbons (Fsp3) is 0.154. The number of thiol groups is 1. The summed E-state index contributed by atoms with van der Waals surface area (Å²) in [5, 5.41) is 1.12. The summed E-state index contributed by atoms with van der Waals surface area (Å²) < 4.78 is 0. The Labute approximate surface area is 94.9 Å². The molecule has 0 saturated carbocycles. The minimum Gasteiger partial charge on any atom is -0.256 e. The maximum Gasteiger partial charge on any atom is 0.0714 e. The van der Waals surface area contributed by atoms with Crippen LogP contribution in [0.25, 0.3) is 10.9 Å². The second-order valence-electron chi connectivity index (χ2n) is 3.15. The van der Waals surface area contributed by atoms with Crippen molar-refractivity contribution in [3.63, 3.8) is 0 Å². The van der Waals surface area contributed by atoms with Crippen molar-refractivity contribution in [2.45, 2.75) is 6.42 Å². The first-order valence-corrected chi connectivity index (χ1v) is 5.48. The topological polar surface area (TPSA) is 12.9 Å². The lowest BCUT2D eigenvalue weighted by Gasteiger charge is -1.98. The van der Waals surface area contributed by atoms with E-state index in [1.54, 1.807) is 6.20 Å².